The molecule has 0 amide bonds. The summed E-state index contributed by atoms with van der Waals surface area (Å²) in [7, 11) is 1.67. The van der Waals surface area contributed by atoms with Crippen LogP contribution in [0.15, 0.2) is 65.5 Å². The average molecular weight is 280 g/mol. The fraction of sp³-hybridized carbons (Fsp3) is 0.118. The first kappa shape index (κ1) is 13.2. The maximum atomic E-state index is 5.31. The Hall–Kier alpha value is -2.75. The van der Waals surface area contributed by atoms with Gasteiger partial charge in [-0.05, 0) is 29.8 Å². The normalized spacial score (nSPS) is 10.3. The highest BCUT2D eigenvalue weighted by atomic mass is 16.5. The number of hydrogen-bond acceptors (Lipinski definition) is 4. The van der Waals surface area contributed by atoms with Crippen LogP contribution in [0.5, 0.6) is 5.75 Å². The number of methoxy groups -OCH3 is 1. The van der Waals surface area contributed by atoms with Crippen molar-refractivity contribution >= 4 is 5.69 Å². The first-order chi connectivity index (χ1) is 10.3. The molecule has 4 heteroatoms. The Morgan fingerprint density at radius 1 is 1.14 bits per heavy atom. The fourth-order valence-electron chi connectivity index (χ4n) is 2.09. The molecule has 0 spiro atoms. The smallest absolute Gasteiger partial charge is 0.181 e. The predicted molar refractivity (Wildman–Crippen MR) is 82.3 cm³/mol. The number of benzene rings is 2. The molecule has 0 atom stereocenters. The molecule has 0 saturated carbocycles. The Kier molecular flexibility index (Phi) is 3.87. The van der Waals surface area contributed by atoms with E-state index in [-0.39, 0.29) is 0 Å². The zero-order chi connectivity index (χ0) is 14.5. The number of rotatable bonds is 5. The van der Waals surface area contributed by atoms with E-state index in [1.165, 1.54) is 12.0 Å². The van der Waals surface area contributed by atoms with Gasteiger partial charge in [-0.15, -0.1) is 0 Å². The molecular formula is C17H16N2O2. The highest BCUT2D eigenvalue weighted by Crippen LogP contribution is 2.22. The van der Waals surface area contributed by atoms with E-state index in [2.05, 4.69) is 10.3 Å². The summed E-state index contributed by atoms with van der Waals surface area (Å²) in [4.78, 5) is 3.94. The number of nitrogens with zero attached hydrogens (tertiary/aromatic N) is 1. The zero-order valence-corrected chi connectivity index (χ0v) is 11.7. The molecule has 3 aromatic rings. The van der Waals surface area contributed by atoms with Crippen LogP contribution in [-0.4, -0.2) is 12.1 Å². The Morgan fingerprint density at radius 3 is 2.71 bits per heavy atom. The molecule has 21 heavy (non-hydrogen) atoms. The monoisotopic (exact) mass is 280 g/mol. The summed E-state index contributed by atoms with van der Waals surface area (Å²) in [6, 6.07) is 16.1. The van der Waals surface area contributed by atoms with Crippen molar-refractivity contribution in [3.63, 3.8) is 0 Å². The van der Waals surface area contributed by atoms with Gasteiger partial charge in [-0.25, -0.2) is 4.98 Å². The quantitative estimate of drug-likeness (QED) is 0.768. The van der Waals surface area contributed by atoms with Gasteiger partial charge in [0.15, 0.2) is 12.2 Å². The molecule has 0 saturated heterocycles. The van der Waals surface area contributed by atoms with Crippen molar-refractivity contribution in [1.82, 2.24) is 4.98 Å². The Bertz CT molecular complexity index is 691. The first-order valence-electron chi connectivity index (χ1n) is 6.71. The number of aromatic nitrogens is 1. The second kappa shape index (κ2) is 6.13. The highest BCUT2D eigenvalue weighted by Gasteiger charge is 2.02. The van der Waals surface area contributed by atoms with Crippen LogP contribution >= 0.6 is 0 Å². The van der Waals surface area contributed by atoms with Crippen molar-refractivity contribution in [2.24, 2.45) is 0 Å². The van der Waals surface area contributed by atoms with E-state index < -0.39 is 0 Å². The molecule has 1 aromatic heterocycles. The molecule has 3 rings (SSSR count). The van der Waals surface area contributed by atoms with Gasteiger partial charge in [-0.1, -0.05) is 24.3 Å². The third-order valence-electron chi connectivity index (χ3n) is 3.24. The van der Waals surface area contributed by atoms with E-state index in [0.717, 1.165) is 29.3 Å². The van der Waals surface area contributed by atoms with E-state index >= 15 is 0 Å². The number of ether oxygens (including phenoxy) is 1. The van der Waals surface area contributed by atoms with Gasteiger partial charge in [0.1, 0.15) is 5.75 Å². The molecule has 0 aliphatic rings. The first-order valence-corrected chi connectivity index (χ1v) is 6.71. The molecule has 4 nitrogen and oxygen atoms in total. The molecule has 0 aliphatic carbocycles. The Labute approximate surface area is 123 Å². The largest absolute Gasteiger partial charge is 0.497 e. The van der Waals surface area contributed by atoms with Crippen LogP contribution in [0.3, 0.4) is 0 Å². The minimum absolute atomic E-state index is 0.754. The highest BCUT2D eigenvalue weighted by molar-refractivity contribution is 5.63. The molecule has 0 unspecified atom stereocenters. The summed E-state index contributed by atoms with van der Waals surface area (Å²) < 4.78 is 10.5. The van der Waals surface area contributed by atoms with Crippen LogP contribution in [0.2, 0.25) is 0 Å². The van der Waals surface area contributed by atoms with E-state index in [4.69, 9.17) is 9.15 Å². The number of nitrogens with one attached hydrogen (secondary N) is 1. The predicted octanol–water partition coefficient (Wildman–Crippen LogP) is 3.96. The van der Waals surface area contributed by atoms with E-state index in [0.29, 0.717) is 0 Å². The SMILES string of the molecule is COc1ccc(CNc2cccc(-c3cnco3)c2)cc1. The van der Waals surface area contributed by atoms with Crippen LogP contribution in [0.1, 0.15) is 5.56 Å². The molecule has 0 radical (unpaired) electrons. The Morgan fingerprint density at radius 2 is 2.00 bits per heavy atom. The van der Waals surface area contributed by atoms with Crippen molar-refractivity contribution in [2.75, 3.05) is 12.4 Å². The fourth-order valence-corrected chi connectivity index (χ4v) is 2.09. The minimum atomic E-state index is 0.754. The number of oxazole rings is 1. The van der Waals surface area contributed by atoms with Gasteiger partial charge in [0.05, 0.1) is 13.3 Å². The van der Waals surface area contributed by atoms with Gasteiger partial charge in [0, 0.05) is 17.8 Å². The van der Waals surface area contributed by atoms with Gasteiger partial charge >= 0.3 is 0 Å². The van der Waals surface area contributed by atoms with E-state index in [9.17, 15) is 0 Å². The second-order valence-corrected chi connectivity index (χ2v) is 4.65. The lowest BCUT2D eigenvalue weighted by molar-refractivity contribution is 0.414. The van der Waals surface area contributed by atoms with Crippen LogP contribution in [-0.2, 0) is 6.54 Å². The van der Waals surface area contributed by atoms with E-state index in [1.807, 2.05) is 48.5 Å². The summed E-state index contributed by atoms with van der Waals surface area (Å²) in [6.45, 7) is 0.754. The van der Waals surface area contributed by atoms with Crippen molar-refractivity contribution < 1.29 is 9.15 Å². The lowest BCUT2D eigenvalue weighted by Crippen LogP contribution is -1.99. The maximum absolute atomic E-state index is 5.31. The van der Waals surface area contributed by atoms with Crippen molar-refractivity contribution in [3.05, 3.63) is 66.7 Å². The minimum Gasteiger partial charge on any atom is -0.497 e. The molecule has 1 N–H and O–H groups in total. The summed E-state index contributed by atoms with van der Waals surface area (Å²) in [5.41, 5.74) is 3.24. The molecule has 1 heterocycles. The summed E-state index contributed by atoms with van der Waals surface area (Å²) in [5.74, 6) is 1.63. The van der Waals surface area contributed by atoms with Crippen molar-refractivity contribution in [3.8, 4) is 17.1 Å². The van der Waals surface area contributed by atoms with Gasteiger partial charge in [-0.3, -0.25) is 0 Å². The molecule has 2 aromatic carbocycles. The van der Waals surface area contributed by atoms with Crippen LogP contribution in [0.4, 0.5) is 5.69 Å². The summed E-state index contributed by atoms with van der Waals surface area (Å²) in [5, 5.41) is 3.40. The lowest BCUT2D eigenvalue weighted by Gasteiger charge is -2.08. The molecule has 0 fully saturated rings. The van der Waals surface area contributed by atoms with Crippen LogP contribution in [0, 0.1) is 0 Å². The van der Waals surface area contributed by atoms with Crippen molar-refractivity contribution in [2.45, 2.75) is 6.54 Å². The number of hydrogen-bond donors (Lipinski definition) is 1. The standard InChI is InChI=1S/C17H16N2O2/c1-20-16-7-5-13(6-8-16)10-19-15-4-2-3-14(9-15)17-11-18-12-21-17/h2-9,11-12,19H,10H2,1H3. The third-order valence-corrected chi connectivity index (χ3v) is 3.24. The zero-order valence-electron chi connectivity index (χ0n) is 11.7. The van der Waals surface area contributed by atoms with Crippen LogP contribution < -0.4 is 10.1 Å². The lowest BCUT2D eigenvalue weighted by atomic mass is 10.1. The molecular weight excluding hydrogens is 264 g/mol. The summed E-state index contributed by atoms with van der Waals surface area (Å²) in [6.07, 6.45) is 3.15. The molecule has 106 valence electrons. The van der Waals surface area contributed by atoms with Gasteiger partial charge in [0.2, 0.25) is 0 Å². The third kappa shape index (κ3) is 3.23. The van der Waals surface area contributed by atoms with Gasteiger partial charge in [0.25, 0.3) is 0 Å². The maximum Gasteiger partial charge on any atom is 0.181 e. The molecule has 0 aliphatic heterocycles. The summed E-state index contributed by atoms with van der Waals surface area (Å²) >= 11 is 0. The van der Waals surface area contributed by atoms with Gasteiger partial charge in [-0.2, -0.15) is 0 Å². The average Bonchev–Trinajstić information content (AvgIpc) is 3.08. The van der Waals surface area contributed by atoms with Crippen molar-refractivity contribution in [1.29, 1.82) is 0 Å². The van der Waals surface area contributed by atoms with E-state index in [1.54, 1.807) is 13.3 Å². The topological polar surface area (TPSA) is 47.3 Å². The second-order valence-electron chi connectivity index (χ2n) is 4.65. The van der Waals surface area contributed by atoms with Gasteiger partial charge < -0.3 is 14.5 Å². The van der Waals surface area contributed by atoms with Crippen LogP contribution in [0.25, 0.3) is 11.3 Å². The molecule has 0 bridgehead atoms. The number of anilines is 1. The Balaban J connectivity index is 1.68.